The van der Waals surface area contributed by atoms with E-state index < -0.39 is 31.0 Å². The quantitative estimate of drug-likeness (QED) is 0.316. The third-order valence-corrected chi connectivity index (χ3v) is 1.51. The Bertz CT molecular complexity index is 114. The fraction of sp³-hybridized carbons (Fsp3) is 1.00. The van der Waals surface area contributed by atoms with Crippen molar-refractivity contribution in [1.82, 2.24) is 0 Å². The third-order valence-electron chi connectivity index (χ3n) is 1.51. The van der Waals surface area contributed by atoms with Gasteiger partial charge in [0, 0.05) is 0 Å². The summed E-state index contributed by atoms with van der Waals surface area (Å²) in [7, 11) is 0. The highest BCUT2D eigenvalue weighted by Gasteiger charge is 2.34. The second kappa shape index (κ2) is 3.99. The maximum atomic E-state index is 9.12. The van der Waals surface area contributed by atoms with Crippen molar-refractivity contribution in [2.45, 2.75) is 24.7 Å². The van der Waals surface area contributed by atoms with Crippen molar-refractivity contribution in [1.29, 1.82) is 0 Å². The monoisotopic (exact) mass is 166 g/mol. The minimum atomic E-state index is -1.78. The van der Waals surface area contributed by atoms with Crippen LogP contribution >= 0.6 is 0 Å². The fourth-order valence-electron chi connectivity index (χ4n) is 0.608. The van der Waals surface area contributed by atoms with Crippen LogP contribution in [0.2, 0.25) is 0 Å². The number of aliphatic hydroxyl groups excluding tert-OH is 4. The van der Waals surface area contributed by atoms with E-state index in [4.69, 9.17) is 25.5 Å². The van der Waals surface area contributed by atoms with E-state index in [2.05, 4.69) is 0 Å². The molecular formula is C6H14O5. The van der Waals surface area contributed by atoms with E-state index in [-0.39, 0.29) is 0 Å². The molecule has 0 aromatic carbocycles. The van der Waals surface area contributed by atoms with E-state index in [1.807, 2.05) is 0 Å². The van der Waals surface area contributed by atoms with Gasteiger partial charge in [-0.2, -0.15) is 0 Å². The lowest BCUT2D eigenvalue weighted by molar-refractivity contribution is -0.143. The molecule has 11 heavy (non-hydrogen) atoms. The standard InChI is InChI=1S/C6H14O5/c1-6(11,3-8)5(10)4(9)2-7/h4-5,7-11H,2-3H2,1H3. The molecule has 68 valence electrons. The van der Waals surface area contributed by atoms with Crippen molar-refractivity contribution in [2.24, 2.45) is 0 Å². The first-order valence-electron chi connectivity index (χ1n) is 3.26. The van der Waals surface area contributed by atoms with Gasteiger partial charge in [0.25, 0.3) is 0 Å². The van der Waals surface area contributed by atoms with Crippen molar-refractivity contribution in [2.75, 3.05) is 13.2 Å². The van der Waals surface area contributed by atoms with Gasteiger partial charge in [-0.25, -0.2) is 0 Å². The van der Waals surface area contributed by atoms with E-state index in [0.29, 0.717) is 0 Å². The minimum Gasteiger partial charge on any atom is -0.394 e. The lowest BCUT2D eigenvalue weighted by atomic mass is 9.96. The summed E-state index contributed by atoms with van der Waals surface area (Å²) in [6.45, 7) is -0.168. The average Bonchev–Trinajstić information content (AvgIpc) is 2.01. The highest BCUT2D eigenvalue weighted by atomic mass is 16.4. The second-order valence-corrected chi connectivity index (χ2v) is 2.71. The van der Waals surface area contributed by atoms with Crippen LogP contribution in [-0.2, 0) is 0 Å². The van der Waals surface area contributed by atoms with Gasteiger partial charge in [0.05, 0.1) is 13.2 Å². The maximum Gasteiger partial charge on any atom is 0.113 e. The largest absolute Gasteiger partial charge is 0.394 e. The predicted molar refractivity (Wildman–Crippen MR) is 36.8 cm³/mol. The number of hydrogen-bond acceptors (Lipinski definition) is 5. The Morgan fingerprint density at radius 1 is 1.27 bits per heavy atom. The van der Waals surface area contributed by atoms with Crippen LogP contribution in [0, 0.1) is 0 Å². The zero-order chi connectivity index (χ0) is 9.07. The van der Waals surface area contributed by atoms with Crippen LogP contribution in [0.5, 0.6) is 0 Å². The van der Waals surface area contributed by atoms with Crippen molar-refractivity contribution < 1.29 is 25.5 Å². The van der Waals surface area contributed by atoms with Crippen LogP contribution in [0.3, 0.4) is 0 Å². The Kier molecular flexibility index (Phi) is 3.91. The molecule has 5 heteroatoms. The van der Waals surface area contributed by atoms with Gasteiger partial charge in [-0.05, 0) is 6.92 Å². The van der Waals surface area contributed by atoms with Crippen LogP contribution < -0.4 is 0 Å². The van der Waals surface area contributed by atoms with Gasteiger partial charge >= 0.3 is 0 Å². The molecule has 0 amide bonds. The molecule has 3 unspecified atom stereocenters. The molecule has 0 aliphatic heterocycles. The summed E-state index contributed by atoms with van der Waals surface area (Å²) in [6, 6.07) is 0. The molecule has 0 saturated carbocycles. The Balaban J connectivity index is 4.10. The summed E-state index contributed by atoms with van der Waals surface area (Å²) in [5.74, 6) is 0. The van der Waals surface area contributed by atoms with Gasteiger partial charge < -0.3 is 25.5 Å². The van der Waals surface area contributed by atoms with E-state index >= 15 is 0 Å². The summed E-state index contributed by atoms with van der Waals surface area (Å²) < 4.78 is 0. The molecule has 0 heterocycles. The van der Waals surface area contributed by atoms with Crippen molar-refractivity contribution in [3.63, 3.8) is 0 Å². The zero-order valence-electron chi connectivity index (χ0n) is 6.30. The highest BCUT2D eigenvalue weighted by Crippen LogP contribution is 2.11. The third kappa shape index (κ3) is 2.72. The van der Waals surface area contributed by atoms with E-state index in [0.717, 1.165) is 6.92 Å². The Morgan fingerprint density at radius 2 is 1.73 bits per heavy atom. The molecule has 5 nitrogen and oxygen atoms in total. The molecule has 3 atom stereocenters. The van der Waals surface area contributed by atoms with Gasteiger partial charge in [-0.15, -0.1) is 0 Å². The number of aliphatic hydroxyl groups is 5. The Morgan fingerprint density at radius 3 is 2.00 bits per heavy atom. The van der Waals surface area contributed by atoms with Gasteiger partial charge in [0.1, 0.15) is 17.8 Å². The normalized spacial score (nSPS) is 22.4. The number of rotatable bonds is 4. The van der Waals surface area contributed by atoms with Gasteiger partial charge in [0.15, 0.2) is 0 Å². The van der Waals surface area contributed by atoms with E-state index in [1.165, 1.54) is 0 Å². The van der Waals surface area contributed by atoms with Crippen LogP contribution in [0.1, 0.15) is 6.92 Å². The molecular weight excluding hydrogens is 152 g/mol. The lowest BCUT2D eigenvalue weighted by Crippen LogP contribution is -2.50. The SMILES string of the molecule is CC(O)(CO)C(O)C(O)CO. The first-order valence-corrected chi connectivity index (χ1v) is 3.26. The topological polar surface area (TPSA) is 101 Å². The molecule has 0 fully saturated rings. The zero-order valence-corrected chi connectivity index (χ0v) is 6.30. The van der Waals surface area contributed by atoms with E-state index in [9.17, 15) is 0 Å². The Labute approximate surface area is 64.5 Å². The lowest BCUT2D eigenvalue weighted by Gasteiger charge is -2.29. The molecule has 0 aromatic rings. The predicted octanol–water partition coefficient (Wildman–Crippen LogP) is -2.56. The summed E-state index contributed by atoms with van der Waals surface area (Å²) in [5.41, 5.74) is -1.78. The molecule has 0 aromatic heterocycles. The van der Waals surface area contributed by atoms with Gasteiger partial charge in [-0.1, -0.05) is 0 Å². The first kappa shape index (κ1) is 10.8. The summed E-state index contributed by atoms with van der Waals surface area (Å²) in [5, 5.41) is 43.8. The van der Waals surface area contributed by atoms with Gasteiger partial charge in [0.2, 0.25) is 0 Å². The van der Waals surface area contributed by atoms with Crippen molar-refractivity contribution in [3.05, 3.63) is 0 Å². The molecule has 0 saturated heterocycles. The van der Waals surface area contributed by atoms with Crippen LogP contribution in [-0.4, -0.2) is 56.6 Å². The van der Waals surface area contributed by atoms with Crippen LogP contribution in [0.4, 0.5) is 0 Å². The van der Waals surface area contributed by atoms with Crippen molar-refractivity contribution >= 4 is 0 Å². The van der Waals surface area contributed by atoms with E-state index in [1.54, 1.807) is 0 Å². The second-order valence-electron chi connectivity index (χ2n) is 2.71. The fourth-order valence-corrected chi connectivity index (χ4v) is 0.608. The minimum absolute atomic E-state index is 0.655. The van der Waals surface area contributed by atoms with Crippen molar-refractivity contribution in [3.8, 4) is 0 Å². The molecule has 5 N–H and O–H groups in total. The van der Waals surface area contributed by atoms with Gasteiger partial charge in [-0.3, -0.25) is 0 Å². The molecule has 0 rings (SSSR count). The van der Waals surface area contributed by atoms with Crippen LogP contribution in [0.15, 0.2) is 0 Å². The highest BCUT2D eigenvalue weighted by molar-refractivity contribution is 4.85. The average molecular weight is 166 g/mol. The van der Waals surface area contributed by atoms with Crippen LogP contribution in [0.25, 0.3) is 0 Å². The summed E-state index contributed by atoms with van der Waals surface area (Å²) in [4.78, 5) is 0. The molecule has 0 spiro atoms. The molecule has 0 aliphatic carbocycles. The summed E-state index contributed by atoms with van der Waals surface area (Å²) >= 11 is 0. The molecule has 0 aliphatic rings. The first-order chi connectivity index (χ1) is 4.95. The number of hydrogen-bond donors (Lipinski definition) is 5. The molecule has 0 radical (unpaired) electrons. The molecule has 0 bridgehead atoms. The summed E-state index contributed by atoms with van der Waals surface area (Å²) in [6.07, 6.45) is -2.98. The Hall–Kier alpha value is -0.200. The smallest absolute Gasteiger partial charge is 0.113 e. The maximum absolute atomic E-state index is 9.12.